The highest BCUT2D eigenvalue weighted by Gasteiger charge is 2.20. The third-order valence-corrected chi connectivity index (χ3v) is 4.91. The van der Waals surface area contributed by atoms with Gasteiger partial charge in [0.2, 0.25) is 0 Å². The molecular weight excluding hydrogens is 399 g/mol. The molecule has 0 fully saturated rings. The summed E-state index contributed by atoms with van der Waals surface area (Å²) in [6.07, 6.45) is 1.63. The molecule has 1 amide bonds. The summed E-state index contributed by atoms with van der Waals surface area (Å²) in [6.45, 7) is 0.204. The van der Waals surface area contributed by atoms with Gasteiger partial charge in [0.15, 0.2) is 5.82 Å². The molecule has 0 unspecified atom stereocenters. The Bertz CT molecular complexity index is 1320. The number of carbonyl (C=O) groups is 1. The molecule has 2 aromatic heterocycles. The van der Waals surface area contributed by atoms with Gasteiger partial charge in [-0.3, -0.25) is 19.1 Å². The first-order valence-corrected chi connectivity index (χ1v) is 9.51. The van der Waals surface area contributed by atoms with Crippen LogP contribution in [0.3, 0.4) is 0 Å². The molecule has 8 heteroatoms. The molecule has 0 saturated carbocycles. The van der Waals surface area contributed by atoms with Crippen LogP contribution in [-0.2, 0) is 13.6 Å². The number of ether oxygens (including phenoxy) is 1. The lowest BCUT2D eigenvalue weighted by molar-refractivity contribution is 0.0948. The fraction of sp³-hybridized carbons (Fsp3) is 0.130. The third kappa shape index (κ3) is 3.87. The minimum Gasteiger partial charge on any atom is -0.495 e. The van der Waals surface area contributed by atoms with E-state index in [-0.39, 0.29) is 34.6 Å². The summed E-state index contributed by atoms with van der Waals surface area (Å²) in [5, 5.41) is 2.97. The average Bonchev–Trinajstić information content (AvgIpc) is 2.80. The number of pyridine rings is 1. The lowest BCUT2D eigenvalue weighted by atomic mass is 10.1. The maximum atomic E-state index is 13.1. The number of nitrogens with one attached hydrogen (secondary N) is 1. The van der Waals surface area contributed by atoms with Gasteiger partial charge in [0.05, 0.1) is 18.2 Å². The summed E-state index contributed by atoms with van der Waals surface area (Å²) >= 11 is 0. The van der Waals surface area contributed by atoms with Crippen molar-refractivity contribution >= 4 is 16.8 Å². The van der Waals surface area contributed by atoms with E-state index >= 15 is 0 Å². The molecule has 0 aliphatic rings. The first-order valence-electron chi connectivity index (χ1n) is 9.51. The standard InChI is InChI=1S/C23H19FN4O3/c1-28-21(18-5-3-4-12-25-18)27-17-11-10-16(20(31-2)19(17)23(28)30)22(29)26-13-14-6-8-15(24)9-7-14/h3-12H,13H2,1-2H3,(H,26,29). The molecular formula is C23H19FN4O3. The van der Waals surface area contributed by atoms with E-state index in [4.69, 9.17) is 4.74 Å². The van der Waals surface area contributed by atoms with Crippen molar-refractivity contribution in [1.29, 1.82) is 0 Å². The Labute approximate surface area is 177 Å². The highest BCUT2D eigenvalue weighted by Crippen LogP contribution is 2.28. The fourth-order valence-corrected chi connectivity index (χ4v) is 3.32. The topological polar surface area (TPSA) is 86.1 Å². The van der Waals surface area contributed by atoms with E-state index in [2.05, 4.69) is 15.3 Å². The Morgan fingerprint density at radius 1 is 1.13 bits per heavy atom. The molecule has 1 N–H and O–H groups in total. The Morgan fingerprint density at radius 3 is 2.58 bits per heavy atom. The summed E-state index contributed by atoms with van der Waals surface area (Å²) in [5.41, 5.74) is 1.56. The Hall–Kier alpha value is -4.07. The number of nitrogens with zero attached hydrogens (tertiary/aromatic N) is 3. The quantitative estimate of drug-likeness (QED) is 0.538. The molecule has 7 nitrogen and oxygen atoms in total. The van der Waals surface area contributed by atoms with Crippen molar-refractivity contribution in [2.24, 2.45) is 7.05 Å². The normalized spacial score (nSPS) is 10.8. The zero-order valence-corrected chi connectivity index (χ0v) is 16.9. The van der Waals surface area contributed by atoms with Gasteiger partial charge in [0, 0.05) is 19.8 Å². The zero-order chi connectivity index (χ0) is 22.0. The minimum atomic E-state index is -0.418. The van der Waals surface area contributed by atoms with Crippen molar-refractivity contribution in [3.63, 3.8) is 0 Å². The van der Waals surface area contributed by atoms with Gasteiger partial charge in [-0.1, -0.05) is 18.2 Å². The summed E-state index contributed by atoms with van der Waals surface area (Å²) in [7, 11) is 3.00. The summed E-state index contributed by atoms with van der Waals surface area (Å²) in [5.74, 6) is -0.206. The van der Waals surface area contributed by atoms with Crippen LogP contribution in [0.4, 0.5) is 4.39 Å². The van der Waals surface area contributed by atoms with E-state index in [1.807, 2.05) is 6.07 Å². The Kier molecular flexibility index (Phi) is 5.44. The largest absolute Gasteiger partial charge is 0.495 e. The van der Waals surface area contributed by atoms with Gasteiger partial charge in [0.1, 0.15) is 22.6 Å². The van der Waals surface area contributed by atoms with Gasteiger partial charge >= 0.3 is 0 Å². The van der Waals surface area contributed by atoms with Crippen LogP contribution >= 0.6 is 0 Å². The minimum absolute atomic E-state index is 0.148. The van der Waals surface area contributed by atoms with Gasteiger partial charge in [-0.2, -0.15) is 0 Å². The van der Waals surface area contributed by atoms with Crippen LogP contribution in [-0.4, -0.2) is 27.6 Å². The lowest BCUT2D eigenvalue weighted by Gasteiger charge is -2.14. The number of amides is 1. The van der Waals surface area contributed by atoms with Crippen LogP contribution in [0.15, 0.2) is 65.6 Å². The van der Waals surface area contributed by atoms with Crippen molar-refractivity contribution in [3.05, 3.63) is 88.1 Å². The second-order valence-corrected chi connectivity index (χ2v) is 6.86. The molecule has 0 saturated heterocycles. The second-order valence-electron chi connectivity index (χ2n) is 6.86. The Morgan fingerprint density at radius 2 is 1.90 bits per heavy atom. The molecule has 2 aromatic carbocycles. The smallest absolute Gasteiger partial charge is 0.265 e. The van der Waals surface area contributed by atoms with Crippen LogP contribution in [0.1, 0.15) is 15.9 Å². The highest BCUT2D eigenvalue weighted by molar-refractivity contribution is 6.03. The first kappa shape index (κ1) is 20.2. The molecule has 0 aliphatic heterocycles. The molecule has 4 aromatic rings. The molecule has 0 atom stereocenters. The summed E-state index contributed by atoms with van der Waals surface area (Å²) in [4.78, 5) is 34.8. The monoisotopic (exact) mass is 418 g/mol. The number of aromatic nitrogens is 3. The van der Waals surface area contributed by atoms with E-state index < -0.39 is 5.91 Å². The Balaban J connectivity index is 1.74. The molecule has 0 spiro atoms. The number of methoxy groups -OCH3 is 1. The lowest BCUT2D eigenvalue weighted by Crippen LogP contribution is -2.25. The van der Waals surface area contributed by atoms with Crippen molar-refractivity contribution in [2.45, 2.75) is 6.54 Å². The van der Waals surface area contributed by atoms with Gasteiger partial charge in [-0.05, 0) is 42.0 Å². The fourth-order valence-electron chi connectivity index (χ4n) is 3.32. The summed E-state index contributed by atoms with van der Waals surface area (Å²) in [6, 6.07) is 14.4. The number of benzene rings is 2. The maximum Gasteiger partial charge on any atom is 0.265 e. The molecule has 4 rings (SSSR count). The summed E-state index contributed by atoms with van der Waals surface area (Å²) < 4.78 is 19.9. The first-order chi connectivity index (χ1) is 15.0. The molecule has 2 heterocycles. The van der Waals surface area contributed by atoms with Gasteiger partial charge in [-0.15, -0.1) is 0 Å². The second kappa shape index (κ2) is 8.35. The number of hydrogen-bond donors (Lipinski definition) is 1. The van der Waals surface area contributed by atoms with Crippen LogP contribution in [0.25, 0.3) is 22.4 Å². The number of carbonyl (C=O) groups excluding carboxylic acids is 1. The van der Waals surface area contributed by atoms with Crippen LogP contribution in [0, 0.1) is 5.82 Å². The van der Waals surface area contributed by atoms with Crippen LogP contribution in [0.2, 0.25) is 0 Å². The van der Waals surface area contributed by atoms with Gasteiger partial charge in [-0.25, -0.2) is 9.37 Å². The van der Waals surface area contributed by atoms with Crippen LogP contribution in [0.5, 0.6) is 5.75 Å². The average molecular weight is 418 g/mol. The highest BCUT2D eigenvalue weighted by atomic mass is 19.1. The molecule has 0 radical (unpaired) electrons. The van der Waals surface area contributed by atoms with Crippen molar-refractivity contribution in [1.82, 2.24) is 19.9 Å². The van der Waals surface area contributed by atoms with E-state index in [0.29, 0.717) is 17.0 Å². The molecule has 0 bridgehead atoms. The number of fused-ring (bicyclic) bond motifs is 1. The number of halogens is 1. The van der Waals surface area contributed by atoms with Gasteiger partial charge < -0.3 is 10.1 Å². The van der Waals surface area contributed by atoms with E-state index in [0.717, 1.165) is 5.56 Å². The number of hydrogen-bond acceptors (Lipinski definition) is 5. The van der Waals surface area contributed by atoms with Crippen molar-refractivity contribution in [2.75, 3.05) is 7.11 Å². The van der Waals surface area contributed by atoms with Crippen molar-refractivity contribution in [3.8, 4) is 17.3 Å². The predicted octanol–water partition coefficient (Wildman–Crippen LogP) is 3.07. The molecule has 0 aliphatic carbocycles. The van der Waals surface area contributed by atoms with E-state index in [1.54, 1.807) is 49.6 Å². The zero-order valence-electron chi connectivity index (χ0n) is 16.9. The van der Waals surface area contributed by atoms with E-state index in [1.165, 1.54) is 23.8 Å². The van der Waals surface area contributed by atoms with Crippen LogP contribution < -0.4 is 15.6 Å². The number of rotatable bonds is 5. The van der Waals surface area contributed by atoms with Gasteiger partial charge in [0.25, 0.3) is 11.5 Å². The van der Waals surface area contributed by atoms with Crippen molar-refractivity contribution < 1.29 is 13.9 Å². The SMILES string of the molecule is COc1c(C(=O)NCc2ccc(F)cc2)ccc2nc(-c3ccccn3)n(C)c(=O)c12. The van der Waals surface area contributed by atoms with E-state index in [9.17, 15) is 14.0 Å². The molecule has 156 valence electrons. The molecule has 31 heavy (non-hydrogen) atoms. The predicted molar refractivity (Wildman–Crippen MR) is 114 cm³/mol. The third-order valence-electron chi connectivity index (χ3n) is 4.91. The maximum absolute atomic E-state index is 13.1.